The Morgan fingerprint density at radius 2 is 1.50 bits per heavy atom. The molecule has 0 aliphatic carbocycles. The minimum atomic E-state index is 0.297. The Hall–Kier alpha value is -2.19. The van der Waals surface area contributed by atoms with Crippen molar-refractivity contribution in [3.63, 3.8) is 0 Å². The first-order chi connectivity index (χ1) is 17.6. The van der Waals surface area contributed by atoms with Gasteiger partial charge in [0.2, 0.25) is 11.8 Å². The quantitative estimate of drug-likeness (QED) is 0.183. The fourth-order valence-electron chi connectivity index (χ4n) is 4.67. The summed E-state index contributed by atoms with van der Waals surface area (Å²) in [5.74, 6) is 1.58. The largest absolute Gasteiger partial charge is 0.497 e. The topological polar surface area (TPSA) is 63.7 Å². The van der Waals surface area contributed by atoms with Gasteiger partial charge in [-0.3, -0.25) is 9.69 Å². The molecule has 1 fully saturated rings. The summed E-state index contributed by atoms with van der Waals surface area (Å²) in [6.07, 6.45) is 15.0. The van der Waals surface area contributed by atoms with Crippen molar-refractivity contribution in [2.75, 3.05) is 33.3 Å². The highest BCUT2D eigenvalue weighted by Crippen LogP contribution is 2.21. The number of benzene rings is 1. The average molecular weight is 517 g/mol. The van der Waals surface area contributed by atoms with Gasteiger partial charge >= 0.3 is 0 Å². The van der Waals surface area contributed by atoms with Crippen molar-refractivity contribution in [1.82, 2.24) is 19.6 Å². The van der Waals surface area contributed by atoms with E-state index in [2.05, 4.69) is 16.9 Å². The van der Waals surface area contributed by atoms with Crippen molar-refractivity contribution in [1.29, 1.82) is 0 Å². The molecule has 3 rings (SSSR count). The van der Waals surface area contributed by atoms with Gasteiger partial charge in [-0.25, -0.2) is 4.68 Å². The molecule has 1 aliphatic rings. The number of carbonyl (C=O) groups excluding carboxylic acids is 1. The summed E-state index contributed by atoms with van der Waals surface area (Å²) in [7, 11) is 1.64. The van der Waals surface area contributed by atoms with E-state index in [-0.39, 0.29) is 0 Å². The van der Waals surface area contributed by atoms with Gasteiger partial charge in [-0.2, -0.15) is 0 Å². The minimum Gasteiger partial charge on any atom is -0.497 e. The second kappa shape index (κ2) is 15.8. The summed E-state index contributed by atoms with van der Waals surface area (Å²) in [6, 6.07) is 7.56. The molecular formula is C28H44N4O3S. The maximum absolute atomic E-state index is 12.6. The molecule has 8 heteroatoms. The molecule has 200 valence electrons. The Labute approximate surface area is 221 Å². The van der Waals surface area contributed by atoms with Crippen LogP contribution in [0.2, 0.25) is 0 Å². The SMILES string of the molecule is CCCCCCCCCCCCCC(=O)N1CCN(Cn2nc(-c3ccc(OC)cc3)oc2=S)CC1. The van der Waals surface area contributed by atoms with Crippen LogP contribution in [0.3, 0.4) is 0 Å². The first kappa shape index (κ1) is 28.4. The molecule has 2 heterocycles. The maximum Gasteiger partial charge on any atom is 0.288 e. The van der Waals surface area contributed by atoms with Crippen LogP contribution in [0.5, 0.6) is 5.75 Å². The molecule has 1 amide bonds. The molecule has 36 heavy (non-hydrogen) atoms. The normalized spacial score (nSPS) is 14.3. The lowest BCUT2D eigenvalue weighted by molar-refractivity contribution is -0.133. The van der Waals surface area contributed by atoms with E-state index < -0.39 is 0 Å². The Kier molecular flexibility index (Phi) is 12.5. The molecule has 0 radical (unpaired) electrons. The number of carbonyl (C=O) groups is 1. The van der Waals surface area contributed by atoms with Crippen LogP contribution in [-0.4, -0.2) is 58.8 Å². The van der Waals surface area contributed by atoms with Crippen LogP contribution >= 0.6 is 12.2 Å². The van der Waals surface area contributed by atoms with E-state index in [9.17, 15) is 4.79 Å². The van der Waals surface area contributed by atoms with E-state index in [0.717, 1.165) is 43.9 Å². The second-order valence-electron chi connectivity index (χ2n) is 9.83. The van der Waals surface area contributed by atoms with Gasteiger partial charge in [0, 0.05) is 38.2 Å². The summed E-state index contributed by atoms with van der Waals surface area (Å²) in [4.78, 5) is 17.3. The van der Waals surface area contributed by atoms with E-state index in [1.54, 1.807) is 11.8 Å². The Morgan fingerprint density at radius 1 is 0.917 bits per heavy atom. The van der Waals surface area contributed by atoms with Gasteiger partial charge in [0.15, 0.2) is 0 Å². The number of nitrogens with zero attached hydrogens (tertiary/aromatic N) is 4. The number of unbranched alkanes of at least 4 members (excludes halogenated alkanes) is 10. The van der Waals surface area contributed by atoms with Crippen LogP contribution in [0.1, 0.15) is 84.0 Å². The zero-order valence-corrected chi connectivity index (χ0v) is 23.1. The Morgan fingerprint density at radius 3 is 2.08 bits per heavy atom. The molecular weight excluding hydrogens is 472 g/mol. The molecule has 7 nitrogen and oxygen atoms in total. The predicted octanol–water partition coefficient (Wildman–Crippen LogP) is 6.68. The van der Waals surface area contributed by atoms with Crippen molar-refractivity contribution in [3.05, 3.63) is 29.1 Å². The molecule has 0 N–H and O–H groups in total. The average Bonchev–Trinajstić information content (AvgIpc) is 3.27. The monoisotopic (exact) mass is 516 g/mol. The highest BCUT2D eigenvalue weighted by Gasteiger charge is 2.21. The van der Waals surface area contributed by atoms with E-state index in [0.29, 0.717) is 29.7 Å². The number of rotatable bonds is 16. The van der Waals surface area contributed by atoms with Crippen LogP contribution < -0.4 is 4.74 Å². The highest BCUT2D eigenvalue weighted by molar-refractivity contribution is 7.71. The summed E-state index contributed by atoms with van der Waals surface area (Å²) in [5, 5.41) is 4.56. The van der Waals surface area contributed by atoms with Crippen molar-refractivity contribution in [2.45, 2.75) is 90.6 Å². The summed E-state index contributed by atoms with van der Waals surface area (Å²) in [6.45, 7) is 5.98. The summed E-state index contributed by atoms with van der Waals surface area (Å²) in [5.41, 5.74) is 0.860. The number of hydrogen-bond acceptors (Lipinski definition) is 6. The minimum absolute atomic E-state index is 0.297. The van der Waals surface area contributed by atoms with Crippen LogP contribution in [0.15, 0.2) is 28.7 Å². The van der Waals surface area contributed by atoms with Crippen LogP contribution in [0.25, 0.3) is 11.5 Å². The first-order valence-corrected chi connectivity index (χ1v) is 14.2. The standard InChI is InChI=1S/C28H44N4O3S/c1-3-4-5-6-7-8-9-10-11-12-13-14-26(33)31-21-19-30(20-22-31)23-32-28(36)35-27(29-32)24-15-17-25(34-2)18-16-24/h15-18H,3-14,19-23H2,1-2H3. The van der Waals surface area contributed by atoms with E-state index >= 15 is 0 Å². The van der Waals surface area contributed by atoms with Crippen molar-refractivity contribution in [3.8, 4) is 17.2 Å². The summed E-state index contributed by atoms with van der Waals surface area (Å²) >= 11 is 5.39. The fraction of sp³-hybridized carbons (Fsp3) is 0.679. The third kappa shape index (κ3) is 9.36. The Bertz CT molecular complexity index is 948. The number of aromatic nitrogens is 2. The molecule has 1 saturated heterocycles. The lowest BCUT2D eigenvalue weighted by Gasteiger charge is -2.34. The van der Waals surface area contributed by atoms with Gasteiger partial charge in [0.05, 0.1) is 13.8 Å². The van der Waals surface area contributed by atoms with Gasteiger partial charge in [0.1, 0.15) is 5.75 Å². The lowest BCUT2D eigenvalue weighted by atomic mass is 10.1. The first-order valence-electron chi connectivity index (χ1n) is 13.8. The Balaban J connectivity index is 1.29. The van der Waals surface area contributed by atoms with Gasteiger partial charge < -0.3 is 14.1 Å². The smallest absolute Gasteiger partial charge is 0.288 e. The molecule has 2 aromatic rings. The van der Waals surface area contributed by atoms with Crippen LogP contribution in [-0.2, 0) is 11.5 Å². The highest BCUT2D eigenvalue weighted by atomic mass is 32.1. The molecule has 0 saturated carbocycles. The van der Waals surface area contributed by atoms with Crippen molar-refractivity contribution >= 4 is 18.1 Å². The van der Waals surface area contributed by atoms with Gasteiger partial charge in [-0.05, 0) is 42.9 Å². The number of amides is 1. The van der Waals surface area contributed by atoms with Gasteiger partial charge in [0.25, 0.3) is 4.84 Å². The zero-order valence-electron chi connectivity index (χ0n) is 22.3. The summed E-state index contributed by atoms with van der Waals surface area (Å²) < 4.78 is 12.6. The molecule has 0 atom stereocenters. The molecule has 0 unspecified atom stereocenters. The van der Waals surface area contributed by atoms with E-state index in [1.165, 1.54) is 64.2 Å². The van der Waals surface area contributed by atoms with Crippen molar-refractivity contribution < 1.29 is 13.9 Å². The number of methoxy groups -OCH3 is 1. The zero-order chi connectivity index (χ0) is 25.6. The third-order valence-corrected chi connectivity index (χ3v) is 7.29. The number of hydrogen-bond donors (Lipinski definition) is 0. The molecule has 1 aliphatic heterocycles. The third-order valence-electron chi connectivity index (χ3n) is 7.00. The van der Waals surface area contributed by atoms with Gasteiger partial charge in [-0.1, -0.05) is 71.1 Å². The van der Waals surface area contributed by atoms with Gasteiger partial charge in [-0.15, -0.1) is 5.10 Å². The van der Waals surface area contributed by atoms with E-state index in [1.807, 2.05) is 29.2 Å². The molecule has 0 bridgehead atoms. The maximum atomic E-state index is 12.6. The van der Waals surface area contributed by atoms with Crippen molar-refractivity contribution in [2.24, 2.45) is 0 Å². The van der Waals surface area contributed by atoms with E-state index in [4.69, 9.17) is 21.4 Å². The molecule has 0 spiro atoms. The lowest BCUT2D eigenvalue weighted by Crippen LogP contribution is -2.49. The van der Waals surface area contributed by atoms with Crippen LogP contribution in [0.4, 0.5) is 0 Å². The molecule has 1 aromatic heterocycles. The van der Waals surface area contributed by atoms with Crippen LogP contribution in [0, 0.1) is 4.84 Å². The molecule has 1 aromatic carbocycles. The predicted molar refractivity (Wildman–Crippen MR) is 147 cm³/mol. The second-order valence-corrected chi connectivity index (χ2v) is 10.2. The number of ether oxygens (including phenoxy) is 1. The number of piperazine rings is 1. The fourth-order valence-corrected chi connectivity index (χ4v) is 4.85.